The van der Waals surface area contributed by atoms with E-state index in [0.29, 0.717) is 37.8 Å². The standard InChI is InChI=1S/C12H19N3O4/c1-3-19-11-8-13-7-10(15-11)14-9(12(16)17)5-4-6-18-2/h7-9H,3-6H2,1-2H3,(H,14,15)(H,16,17). The Hall–Kier alpha value is -1.89. The van der Waals surface area contributed by atoms with Gasteiger partial charge in [0.15, 0.2) is 0 Å². The van der Waals surface area contributed by atoms with Gasteiger partial charge in [0.2, 0.25) is 5.88 Å². The van der Waals surface area contributed by atoms with Gasteiger partial charge in [-0.3, -0.25) is 4.98 Å². The minimum Gasteiger partial charge on any atom is -0.480 e. The van der Waals surface area contributed by atoms with Crippen molar-refractivity contribution in [3.63, 3.8) is 0 Å². The summed E-state index contributed by atoms with van der Waals surface area (Å²) < 4.78 is 10.1. The van der Waals surface area contributed by atoms with Crippen molar-refractivity contribution in [1.29, 1.82) is 0 Å². The molecule has 7 nitrogen and oxygen atoms in total. The van der Waals surface area contributed by atoms with Crippen LogP contribution >= 0.6 is 0 Å². The van der Waals surface area contributed by atoms with Crippen molar-refractivity contribution in [2.75, 3.05) is 25.6 Å². The van der Waals surface area contributed by atoms with Crippen molar-refractivity contribution in [3.05, 3.63) is 12.4 Å². The number of hydrogen-bond donors (Lipinski definition) is 2. The fourth-order valence-corrected chi connectivity index (χ4v) is 1.50. The van der Waals surface area contributed by atoms with Crippen molar-refractivity contribution >= 4 is 11.8 Å². The molecule has 19 heavy (non-hydrogen) atoms. The van der Waals surface area contributed by atoms with E-state index in [1.807, 2.05) is 6.92 Å². The zero-order chi connectivity index (χ0) is 14.1. The van der Waals surface area contributed by atoms with Gasteiger partial charge in [-0.15, -0.1) is 0 Å². The zero-order valence-corrected chi connectivity index (χ0v) is 11.1. The minimum atomic E-state index is -0.931. The molecular weight excluding hydrogens is 250 g/mol. The molecule has 0 aliphatic heterocycles. The number of aliphatic carboxylic acids is 1. The number of carbonyl (C=O) groups is 1. The number of hydrogen-bond acceptors (Lipinski definition) is 6. The number of ether oxygens (including phenoxy) is 2. The van der Waals surface area contributed by atoms with Gasteiger partial charge < -0.3 is 19.9 Å². The smallest absolute Gasteiger partial charge is 0.326 e. The van der Waals surface area contributed by atoms with Gasteiger partial charge in [0.1, 0.15) is 11.9 Å². The molecule has 1 rings (SSSR count). The lowest BCUT2D eigenvalue weighted by Crippen LogP contribution is -2.30. The van der Waals surface area contributed by atoms with Crippen molar-refractivity contribution in [2.45, 2.75) is 25.8 Å². The van der Waals surface area contributed by atoms with Gasteiger partial charge >= 0.3 is 5.97 Å². The number of anilines is 1. The van der Waals surface area contributed by atoms with Crippen LogP contribution in [0.5, 0.6) is 5.88 Å². The molecule has 0 radical (unpaired) electrons. The molecule has 0 saturated carbocycles. The van der Waals surface area contributed by atoms with Crippen LogP contribution in [0.2, 0.25) is 0 Å². The van der Waals surface area contributed by atoms with Gasteiger partial charge in [-0.05, 0) is 19.8 Å². The summed E-state index contributed by atoms with van der Waals surface area (Å²) in [5.74, 6) is -0.177. The summed E-state index contributed by atoms with van der Waals surface area (Å²) in [6.45, 7) is 2.84. The maximum Gasteiger partial charge on any atom is 0.326 e. The molecule has 106 valence electrons. The number of aromatic nitrogens is 2. The molecule has 0 aliphatic rings. The van der Waals surface area contributed by atoms with Gasteiger partial charge in [0.05, 0.1) is 19.0 Å². The van der Waals surface area contributed by atoms with E-state index >= 15 is 0 Å². The topological polar surface area (TPSA) is 93.6 Å². The highest BCUT2D eigenvalue weighted by molar-refractivity contribution is 5.76. The van der Waals surface area contributed by atoms with Crippen molar-refractivity contribution in [1.82, 2.24) is 9.97 Å². The number of nitrogens with zero attached hydrogens (tertiary/aromatic N) is 2. The van der Waals surface area contributed by atoms with Crippen LogP contribution in [0.25, 0.3) is 0 Å². The molecule has 1 atom stereocenters. The number of nitrogens with one attached hydrogen (secondary N) is 1. The van der Waals surface area contributed by atoms with Gasteiger partial charge in [-0.2, -0.15) is 4.98 Å². The minimum absolute atomic E-state index is 0.369. The molecular formula is C12H19N3O4. The second-order valence-corrected chi connectivity index (χ2v) is 3.85. The molecule has 2 N–H and O–H groups in total. The molecule has 0 saturated heterocycles. The summed E-state index contributed by atoms with van der Waals surface area (Å²) in [5, 5.41) is 12.0. The summed E-state index contributed by atoms with van der Waals surface area (Å²) in [7, 11) is 1.58. The van der Waals surface area contributed by atoms with Gasteiger partial charge in [-0.1, -0.05) is 0 Å². The Balaban J connectivity index is 2.62. The van der Waals surface area contributed by atoms with Crippen LogP contribution in [0.1, 0.15) is 19.8 Å². The first-order valence-corrected chi connectivity index (χ1v) is 6.10. The third kappa shape index (κ3) is 5.52. The van der Waals surface area contributed by atoms with E-state index in [0.717, 1.165) is 0 Å². The lowest BCUT2D eigenvalue weighted by molar-refractivity contribution is -0.138. The highest BCUT2D eigenvalue weighted by atomic mass is 16.5. The predicted octanol–water partition coefficient (Wildman–Crippen LogP) is 1.17. The van der Waals surface area contributed by atoms with Gasteiger partial charge in [0, 0.05) is 13.7 Å². The molecule has 1 aromatic heterocycles. The lowest BCUT2D eigenvalue weighted by Gasteiger charge is -2.15. The van der Waals surface area contributed by atoms with E-state index in [-0.39, 0.29) is 0 Å². The zero-order valence-electron chi connectivity index (χ0n) is 11.1. The second kappa shape index (κ2) is 8.25. The molecule has 0 amide bonds. The molecule has 0 fully saturated rings. The Morgan fingerprint density at radius 1 is 1.53 bits per heavy atom. The Kier molecular flexibility index (Phi) is 6.59. The summed E-state index contributed by atoms with van der Waals surface area (Å²) >= 11 is 0. The monoisotopic (exact) mass is 269 g/mol. The first kappa shape index (κ1) is 15.2. The van der Waals surface area contributed by atoms with Crippen molar-refractivity contribution in [2.24, 2.45) is 0 Å². The van der Waals surface area contributed by atoms with E-state index in [9.17, 15) is 4.79 Å². The Morgan fingerprint density at radius 3 is 2.95 bits per heavy atom. The molecule has 0 aromatic carbocycles. The van der Waals surface area contributed by atoms with Gasteiger partial charge in [-0.25, -0.2) is 4.79 Å². The van der Waals surface area contributed by atoms with Crippen LogP contribution < -0.4 is 10.1 Å². The summed E-state index contributed by atoms with van der Waals surface area (Å²) in [5.41, 5.74) is 0. The Labute approximate surface area is 112 Å². The van der Waals surface area contributed by atoms with Gasteiger partial charge in [0.25, 0.3) is 0 Å². The molecule has 0 bridgehead atoms. The largest absolute Gasteiger partial charge is 0.480 e. The highest BCUT2D eigenvalue weighted by Crippen LogP contribution is 2.12. The third-order valence-electron chi connectivity index (χ3n) is 2.37. The van der Waals surface area contributed by atoms with Crippen molar-refractivity contribution < 1.29 is 19.4 Å². The van der Waals surface area contributed by atoms with Crippen molar-refractivity contribution in [3.8, 4) is 5.88 Å². The van der Waals surface area contributed by atoms with Crippen LogP contribution in [0.15, 0.2) is 12.4 Å². The highest BCUT2D eigenvalue weighted by Gasteiger charge is 2.17. The summed E-state index contributed by atoms with van der Waals surface area (Å²) in [4.78, 5) is 19.2. The van der Waals surface area contributed by atoms with E-state index in [1.165, 1.54) is 12.4 Å². The van der Waals surface area contributed by atoms with E-state index in [2.05, 4.69) is 15.3 Å². The number of rotatable bonds is 9. The molecule has 7 heteroatoms. The SMILES string of the molecule is CCOc1cncc(NC(CCCOC)C(=O)O)n1. The van der Waals surface area contributed by atoms with E-state index in [1.54, 1.807) is 7.11 Å². The van der Waals surface area contributed by atoms with E-state index in [4.69, 9.17) is 14.6 Å². The first-order chi connectivity index (χ1) is 9.17. The predicted molar refractivity (Wildman–Crippen MR) is 69.4 cm³/mol. The third-order valence-corrected chi connectivity index (χ3v) is 2.37. The van der Waals surface area contributed by atoms with Crippen LogP contribution in [-0.4, -0.2) is 47.4 Å². The van der Waals surface area contributed by atoms with Crippen LogP contribution in [0, 0.1) is 0 Å². The average Bonchev–Trinajstić information content (AvgIpc) is 2.38. The summed E-state index contributed by atoms with van der Waals surface area (Å²) in [6, 6.07) is -0.721. The first-order valence-electron chi connectivity index (χ1n) is 6.10. The van der Waals surface area contributed by atoms with E-state index < -0.39 is 12.0 Å². The maximum atomic E-state index is 11.1. The molecule has 1 heterocycles. The number of methoxy groups -OCH3 is 1. The molecule has 1 aromatic rings. The fourth-order valence-electron chi connectivity index (χ4n) is 1.50. The maximum absolute atomic E-state index is 11.1. The fraction of sp³-hybridized carbons (Fsp3) is 0.583. The molecule has 0 aliphatic carbocycles. The van der Waals surface area contributed by atoms with Crippen LogP contribution in [-0.2, 0) is 9.53 Å². The Bertz CT molecular complexity index is 400. The normalized spacial score (nSPS) is 11.9. The second-order valence-electron chi connectivity index (χ2n) is 3.85. The molecule has 1 unspecified atom stereocenters. The average molecular weight is 269 g/mol. The lowest BCUT2D eigenvalue weighted by atomic mass is 10.1. The van der Waals surface area contributed by atoms with Crippen LogP contribution in [0.3, 0.4) is 0 Å². The number of carboxylic acids is 1. The summed E-state index contributed by atoms with van der Waals surface area (Å²) in [6.07, 6.45) is 4.05. The number of carboxylic acid groups (broad SMARTS) is 1. The quantitative estimate of drug-likeness (QED) is 0.650. The molecule has 0 spiro atoms. The van der Waals surface area contributed by atoms with Crippen LogP contribution in [0.4, 0.5) is 5.82 Å². The Morgan fingerprint density at radius 2 is 2.32 bits per heavy atom.